The van der Waals surface area contributed by atoms with Gasteiger partial charge in [0.25, 0.3) is 0 Å². The van der Waals surface area contributed by atoms with Crippen molar-refractivity contribution in [2.45, 2.75) is 81.9 Å². The zero-order valence-electron chi connectivity index (χ0n) is 20.1. The van der Waals surface area contributed by atoms with Gasteiger partial charge in [-0.15, -0.1) is 0 Å². The highest BCUT2D eigenvalue weighted by atomic mass is 35.5. The van der Waals surface area contributed by atoms with Gasteiger partial charge < -0.3 is 14.5 Å². The molecule has 3 fully saturated rings. The molecule has 4 rings (SSSR count). The lowest BCUT2D eigenvalue weighted by Gasteiger charge is -2.53. The minimum atomic E-state index is -4.05. The van der Waals surface area contributed by atoms with Gasteiger partial charge in [-0.25, -0.2) is 8.42 Å². The minimum Gasteiger partial charge on any atom is -0.495 e. The summed E-state index contributed by atoms with van der Waals surface area (Å²) in [6, 6.07) is 3.73. The molecular formula is C24H34ClN3O5S. The smallest absolute Gasteiger partial charge is 0.248 e. The molecule has 1 aromatic carbocycles. The predicted octanol–water partition coefficient (Wildman–Crippen LogP) is 3.49. The molecule has 34 heavy (non-hydrogen) atoms. The van der Waals surface area contributed by atoms with E-state index in [1.807, 2.05) is 13.8 Å². The van der Waals surface area contributed by atoms with Gasteiger partial charge in [-0.2, -0.15) is 4.31 Å². The molecule has 2 aliphatic heterocycles. The highest BCUT2D eigenvalue weighted by molar-refractivity contribution is 7.89. The van der Waals surface area contributed by atoms with Gasteiger partial charge >= 0.3 is 0 Å². The van der Waals surface area contributed by atoms with Crippen molar-refractivity contribution in [2.75, 3.05) is 20.2 Å². The first-order valence-corrected chi connectivity index (χ1v) is 13.9. The Kier molecular flexibility index (Phi) is 7.45. The Morgan fingerprint density at radius 1 is 1.15 bits per heavy atom. The Balaban J connectivity index is 1.74. The summed E-state index contributed by atoms with van der Waals surface area (Å²) < 4.78 is 34.4. The van der Waals surface area contributed by atoms with Crippen LogP contribution in [0.15, 0.2) is 23.1 Å². The molecule has 2 heterocycles. The number of ether oxygens (including phenoxy) is 1. The van der Waals surface area contributed by atoms with E-state index in [1.165, 1.54) is 30.0 Å². The fourth-order valence-electron chi connectivity index (χ4n) is 5.60. The number of amides is 2. The Morgan fingerprint density at radius 3 is 2.50 bits per heavy atom. The number of carbonyl (C=O) groups excluding carboxylic acids is 2. The summed E-state index contributed by atoms with van der Waals surface area (Å²) in [5.74, 6) is 0.319. The van der Waals surface area contributed by atoms with Gasteiger partial charge in [0, 0.05) is 24.0 Å². The van der Waals surface area contributed by atoms with Gasteiger partial charge in [-0.1, -0.05) is 43.7 Å². The number of sulfonamides is 1. The summed E-state index contributed by atoms with van der Waals surface area (Å²) in [7, 11) is -2.64. The standard InChI is InChI=1S/C24H34ClN3O5S/c1-16(2)26-15-22-27(34(31,32)21-14-18(25)9-10-20(21)33-3)12-11-23(29)28(22)19(24(26)30)13-17-7-5-4-6-8-17/h9-10,14,16-17,19,22H,4-8,11-13,15H2,1-3H3. The molecule has 0 N–H and O–H groups in total. The van der Waals surface area contributed by atoms with Crippen molar-refractivity contribution in [1.82, 2.24) is 14.1 Å². The predicted molar refractivity (Wildman–Crippen MR) is 129 cm³/mol. The summed E-state index contributed by atoms with van der Waals surface area (Å²) >= 11 is 6.14. The van der Waals surface area contributed by atoms with Crippen LogP contribution in [-0.2, 0) is 19.6 Å². The van der Waals surface area contributed by atoms with Gasteiger partial charge in [-0.05, 0) is 44.4 Å². The number of piperazine rings is 1. The van der Waals surface area contributed by atoms with E-state index < -0.39 is 22.2 Å². The number of carbonyl (C=O) groups is 2. The third kappa shape index (κ3) is 4.66. The number of rotatable bonds is 6. The first kappa shape index (κ1) is 25.3. The fourth-order valence-corrected chi connectivity index (χ4v) is 7.59. The third-order valence-corrected chi connectivity index (χ3v) is 9.52. The van der Waals surface area contributed by atoms with Crippen LogP contribution >= 0.6 is 11.6 Å². The molecule has 188 valence electrons. The highest BCUT2D eigenvalue weighted by Crippen LogP contribution is 2.37. The van der Waals surface area contributed by atoms with E-state index in [2.05, 4.69) is 0 Å². The third-order valence-electron chi connectivity index (χ3n) is 7.37. The number of hydrogen-bond acceptors (Lipinski definition) is 5. The van der Waals surface area contributed by atoms with Gasteiger partial charge in [0.1, 0.15) is 22.9 Å². The lowest BCUT2D eigenvalue weighted by atomic mass is 9.83. The monoisotopic (exact) mass is 511 g/mol. The molecule has 1 saturated carbocycles. The van der Waals surface area contributed by atoms with Crippen molar-refractivity contribution in [3.8, 4) is 5.75 Å². The summed E-state index contributed by atoms with van der Waals surface area (Å²) in [6.45, 7) is 4.04. The molecule has 0 spiro atoms. The van der Waals surface area contributed by atoms with Gasteiger partial charge in [0.15, 0.2) is 0 Å². The van der Waals surface area contributed by atoms with E-state index in [1.54, 1.807) is 15.9 Å². The molecule has 0 bridgehead atoms. The summed E-state index contributed by atoms with van der Waals surface area (Å²) in [5.41, 5.74) is 0. The molecule has 2 amide bonds. The van der Waals surface area contributed by atoms with Crippen LogP contribution in [-0.4, -0.2) is 72.8 Å². The molecule has 2 atom stereocenters. The molecule has 3 aliphatic rings. The number of fused-ring (bicyclic) bond motifs is 1. The molecule has 1 aliphatic carbocycles. The van der Waals surface area contributed by atoms with Crippen LogP contribution in [0.25, 0.3) is 0 Å². The van der Waals surface area contributed by atoms with E-state index >= 15 is 0 Å². The quantitative estimate of drug-likeness (QED) is 0.583. The van der Waals surface area contributed by atoms with Gasteiger partial charge in [0.05, 0.1) is 13.7 Å². The fraction of sp³-hybridized carbons (Fsp3) is 0.667. The topological polar surface area (TPSA) is 87.2 Å². The van der Waals surface area contributed by atoms with Crippen LogP contribution < -0.4 is 4.74 Å². The van der Waals surface area contributed by atoms with Crippen LogP contribution in [0.1, 0.15) is 58.8 Å². The normalized spacial score (nSPS) is 25.1. The number of nitrogens with zero attached hydrogens (tertiary/aromatic N) is 3. The Labute approximate surface area is 207 Å². The van der Waals surface area contributed by atoms with Crippen LogP contribution in [0.3, 0.4) is 0 Å². The number of methoxy groups -OCH3 is 1. The second-order valence-electron chi connectivity index (χ2n) is 9.78. The van der Waals surface area contributed by atoms with Crippen molar-refractivity contribution in [1.29, 1.82) is 0 Å². The first-order chi connectivity index (χ1) is 16.1. The lowest BCUT2D eigenvalue weighted by molar-refractivity contribution is -0.168. The van der Waals surface area contributed by atoms with Crippen molar-refractivity contribution >= 4 is 33.4 Å². The molecular weight excluding hydrogens is 478 g/mol. The molecule has 1 aromatic rings. The van der Waals surface area contributed by atoms with Crippen LogP contribution in [0.4, 0.5) is 0 Å². The maximum Gasteiger partial charge on any atom is 0.248 e. The van der Waals surface area contributed by atoms with Gasteiger partial charge in [-0.3, -0.25) is 9.59 Å². The molecule has 0 aromatic heterocycles. The zero-order valence-corrected chi connectivity index (χ0v) is 21.6. The lowest BCUT2D eigenvalue weighted by Crippen LogP contribution is -2.72. The largest absolute Gasteiger partial charge is 0.495 e. The van der Waals surface area contributed by atoms with Gasteiger partial charge in [0.2, 0.25) is 21.8 Å². The first-order valence-electron chi connectivity index (χ1n) is 12.1. The van der Waals surface area contributed by atoms with Crippen molar-refractivity contribution in [2.24, 2.45) is 5.92 Å². The van der Waals surface area contributed by atoms with Crippen molar-refractivity contribution in [3.05, 3.63) is 23.2 Å². The Bertz CT molecular complexity index is 1040. The SMILES string of the molecule is COc1ccc(Cl)cc1S(=O)(=O)N1CCC(=O)N2C(CC3CCCCC3)C(=O)N(C(C)C)CC21. The van der Waals surface area contributed by atoms with Crippen LogP contribution in [0.5, 0.6) is 5.75 Å². The molecule has 2 unspecified atom stereocenters. The van der Waals surface area contributed by atoms with Crippen LogP contribution in [0.2, 0.25) is 5.02 Å². The summed E-state index contributed by atoms with van der Waals surface area (Å²) in [5, 5.41) is 0.280. The Morgan fingerprint density at radius 2 is 1.85 bits per heavy atom. The molecule has 8 nitrogen and oxygen atoms in total. The average Bonchev–Trinajstić information content (AvgIpc) is 2.81. The second-order valence-corrected chi connectivity index (χ2v) is 12.1. The minimum absolute atomic E-state index is 0.0337. The van der Waals surface area contributed by atoms with Crippen molar-refractivity contribution < 1.29 is 22.7 Å². The van der Waals surface area contributed by atoms with E-state index in [4.69, 9.17) is 16.3 Å². The Hall–Kier alpha value is -1.84. The van der Waals surface area contributed by atoms with E-state index in [0.717, 1.165) is 25.7 Å². The summed E-state index contributed by atoms with van der Waals surface area (Å²) in [6.07, 6.45) is 5.40. The number of halogens is 1. The zero-order chi connectivity index (χ0) is 24.6. The molecule has 0 radical (unpaired) electrons. The van der Waals surface area contributed by atoms with E-state index in [0.29, 0.717) is 12.3 Å². The van der Waals surface area contributed by atoms with E-state index in [9.17, 15) is 18.0 Å². The number of hydrogen-bond donors (Lipinski definition) is 0. The van der Waals surface area contributed by atoms with Crippen LogP contribution in [0, 0.1) is 5.92 Å². The summed E-state index contributed by atoms with van der Waals surface area (Å²) in [4.78, 5) is 30.0. The average molecular weight is 512 g/mol. The second kappa shape index (κ2) is 10.0. The van der Waals surface area contributed by atoms with Crippen molar-refractivity contribution in [3.63, 3.8) is 0 Å². The highest BCUT2D eigenvalue weighted by Gasteiger charge is 2.51. The maximum atomic E-state index is 13.9. The van der Waals surface area contributed by atoms with E-state index in [-0.39, 0.29) is 53.0 Å². The number of benzene rings is 1. The molecule has 10 heteroatoms. The molecule has 2 saturated heterocycles. The maximum absolute atomic E-state index is 13.9.